The Kier molecular flexibility index (Phi) is 2.57. The first-order valence-electron chi connectivity index (χ1n) is 5.70. The zero-order valence-corrected chi connectivity index (χ0v) is 9.71. The third kappa shape index (κ3) is 1.76. The van der Waals surface area contributed by atoms with Crippen molar-refractivity contribution in [3.63, 3.8) is 0 Å². The maximum absolute atomic E-state index is 5.69. The lowest BCUT2D eigenvalue weighted by molar-refractivity contribution is 0.575. The van der Waals surface area contributed by atoms with Crippen molar-refractivity contribution in [2.75, 3.05) is 0 Å². The third-order valence-corrected chi connectivity index (χ3v) is 2.88. The van der Waals surface area contributed by atoms with Gasteiger partial charge in [0.05, 0.1) is 6.21 Å². The summed E-state index contributed by atoms with van der Waals surface area (Å²) >= 11 is 0. The molecule has 0 radical (unpaired) electrons. The highest BCUT2D eigenvalue weighted by atomic mass is 16.3. The van der Waals surface area contributed by atoms with E-state index < -0.39 is 0 Å². The summed E-state index contributed by atoms with van der Waals surface area (Å²) in [5, 5.41) is 5.82. The molecule has 0 bridgehead atoms. The number of fused-ring (bicyclic) bond motifs is 1. The van der Waals surface area contributed by atoms with Crippen molar-refractivity contribution < 1.29 is 4.42 Å². The fraction of sp³-hybridized carbons (Fsp3) is 0. The van der Waals surface area contributed by atoms with Gasteiger partial charge in [0.2, 0.25) is 0 Å². The summed E-state index contributed by atoms with van der Waals surface area (Å²) in [6.45, 7) is 0. The molecule has 0 atom stereocenters. The molecule has 2 aromatic carbocycles. The standard InChI is InChI=1S/C15H12N2O/c16-17-10-12-8-9-15(18-12)14-7-3-5-11-4-1-2-6-13(11)14/h1-10H,16H2/b17-10+. The molecular weight excluding hydrogens is 224 g/mol. The van der Waals surface area contributed by atoms with E-state index in [9.17, 15) is 0 Å². The maximum atomic E-state index is 5.69. The Morgan fingerprint density at radius 1 is 0.944 bits per heavy atom. The lowest BCUT2D eigenvalue weighted by Crippen LogP contribution is -1.82. The summed E-state index contributed by atoms with van der Waals surface area (Å²) in [7, 11) is 0. The van der Waals surface area contributed by atoms with Crippen LogP contribution in [0.5, 0.6) is 0 Å². The summed E-state index contributed by atoms with van der Waals surface area (Å²) in [5.41, 5.74) is 1.07. The van der Waals surface area contributed by atoms with Crippen molar-refractivity contribution in [1.82, 2.24) is 0 Å². The fourth-order valence-electron chi connectivity index (χ4n) is 2.08. The van der Waals surface area contributed by atoms with Crippen LogP contribution < -0.4 is 5.84 Å². The van der Waals surface area contributed by atoms with E-state index in [0.717, 1.165) is 11.3 Å². The molecular formula is C15H12N2O. The number of nitrogens with zero attached hydrogens (tertiary/aromatic N) is 1. The van der Waals surface area contributed by atoms with Crippen molar-refractivity contribution in [2.24, 2.45) is 10.9 Å². The number of rotatable bonds is 2. The van der Waals surface area contributed by atoms with Crippen molar-refractivity contribution in [3.05, 3.63) is 60.4 Å². The first-order valence-corrected chi connectivity index (χ1v) is 5.70. The second-order valence-corrected chi connectivity index (χ2v) is 4.01. The molecule has 1 aromatic heterocycles. The summed E-state index contributed by atoms with van der Waals surface area (Å²) in [6, 6.07) is 18.2. The number of benzene rings is 2. The smallest absolute Gasteiger partial charge is 0.147 e. The molecule has 3 heteroatoms. The molecule has 0 unspecified atom stereocenters. The summed E-state index contributed by atoms with van der Waals surface area (Å²) in [5.74, 6) is 6.58. The van der Waals surface area contributed by atoms with Gasteiger partial charge >= 0.3 is 0 Å². The highest BCUT2D eigenvalue weighted by molar-refractivity contribution is 5.95. The van der Waals surface area contributed by atoms with Gasteiger partial charge in [-0.3, -0.25) is 0 Å². The van der Waals surface area contributed by atoms with Crippen LogP contribution in [0.15, 0.2) is 64.1 Å². The van der Waals surface area contributed by atoms with E-state index in [1.54, 1.807) is 0 Å². The van der Waals surface area contributed by atoms with Crippen LogP contribution in [0.1, 0.15) is 5.76 Å². The van der Waals surface area contributed by atoms with Crippen LogP contribution in [0.2, 0.25) is 0 Å². The molecule has 88 valence electrons. The second kappa shape index (κ2) is 4.37. The summed E-state index contributed by atoms with van der Waals surface area (Å²) in [4.78, 5) is 0. The minimum Gasteiger partial charge on any atom is -0.455 e. The Morgan fingerprint density at radius 3 is 2.67 bits per heavy atom. The number of hydrogen-bond donors (Lipinski definition) is 1. The van der Waals surface area contributed by atoms with Crippen LogP contribution in [0.3, 0.4) is 0 Å². The molecule has 0 aliphatic rings. The molecule has 1 heterocycles. The van der Waals surface area contributed by atoms with Crippen LogP contribution in [-0.2, 0) is 0 Å². The number of hydrazone groups is 1. The number of furan rings is 1. The highest BCUT2D eigenvalue weighted by Gasteiger charge is 2.07. The Labute approximate surface area is 105 Å². The van der Waals surface area contributed by atoms with Crippen molar-refractivity contribution in [3.8, 4) is 11.3 Å². The molecule has 2 N–H and O–H groups in total. The first-order chi connectivity index (χ1) is 8.88. The van der Waals surface area contributed by atoms with Crippen LogP contribution in [0.25, 0.3) is 22.1 Å². The Morgan fingerprint density at radius 2 is 1.78 bits per heavy atom. The number of nitrogens with two attached hydrogens (primary N) is 1. The Hall–Kier alpha value is -2.55. The molecule has 3 nitrogen and oxygen atoms in total. The Bertz CT molecular complexity index is 708. The van der Waals surface area contributed by atoms with Gasteiger partial charge in [0.15, 0.2) is 0 Å². The van der Waals surface area contributed by atoms with E-state index in [0.29, 0.717) is 5.76 Å². The van der Waals surface area contributed by atoms with Crippen LogP contribution in [0.4, 0.5) is 0 Å². The molecule has 0 spiro atoms. The van der Waals surface area contributed by atoms with Crippen molar-refractivity contribution >= 4 is 17.0 Å². The van der Waals surface area contributed by atoms with Crippen molar-refractivity contribution in [1.29, 1.82) is 0 Å². The molecule has 18 heavy (non-hydrogen) atoms. The largest absolute Gasteiger partial charge is 0.455 e. The first kappa shape index (κ1) is 10.6. The molecule has 0 aliphatic carbocycles. The van der Waals surface area contributed by atoms with E-state index in [2.05, 4.69) is 23.3 Å². The zero-order valence-electron chi connectivity index (χ0n) is 9.71. The van der Waals surface area contributed by atoms with E-state index >= 15 is 0 Å². The van der Waals surface area contributed by atoms with Gasteiger partial charge < -0.3 is 10.3 Å². The lowest BCUT2D eigenvalue weighted by atomic mass is 10.0. The molecule has 0 amide bonds. The van der Waals surface area contributed by atoms with Gasteiger partial charge in [-0.15, -0.1) is 0 Å². The van der Waals surface area contributed by atoms with Gasteiger partial charge in [0.1, 0.15) is 11.5 Å². The molecule has 0 aliphatic heterocycles. The average molecular weight is 236 g/mol. The lowest BCUT2D eigenvalue weighted by Gasteiger charge is -2.03. The van der Waals surface area contributed by atoms with Crippen LogP contribution >= 0.6 is 0 Å². The van der Waals surface area contributed by atoms with E-state index in [-0.39, 0.29) is 0 Å². The predicted molar refractivity (Wildman–Crippen MR) is 73.4 cm³/mol. The summed E-state index contributed by atoms with van der Waals surface area (Å²) < 4.78 is 5.69. The van der Waals surface area contributed by atoms with E-state index in [1.165, 1.54) is 17.0 Å². The van der Waals surface area contributed by atoms with Crippen LogP contribution in [-0.4, -0.2) is 6.21 Å². The third-order valence-electron chi connectivity index (χ3n) is 2.88. The SMILES string of the molecule is N/N=C/c1ccc(-c2cccc3ccccc23)o1. The summed E-state index contributed by atoms with van der Waals surface area (Å²) in [6.07, 6.45) is 1.49. The van der Waals surface area contributed by atoms with Crippen molar-refractivity contribution in [2.45, 2.75) is 0 Å². The molecule has 0 saturated heterocycles. The molecule has 3 rings (SSSR count). The minimum absolute atomic E-state index is 0.653. The average Bonchev–Trinajstić information content (AvgIpc) is 2.87. The zero-order chi connectivity index (χ0) is 12.4. The van der Waals surface area contributed by atoms with E-state index in [4.69, 9.17) is 10.3 Å². The second-order valence-electron chi connectivity index (χ2n) is 4.01. The highest BCUT2D eigenvalue weighted by Crippen LogP contribution is 2.29. The minimum atomic E-state index is 0.653. The van der Waals surface area contributed by atoms with Gasteiger partial charge in [-0.25, -0.2) is 0 Å². The molecule has 3 aromatic rings. The molecule has 0 saturated carbocycles. The van der Waals surface area contributed by atoms with Gasteiger partial charge in [-0.2, -0.15) is 5.10 Å². The van der Waals surface area contributed by atoms with Gasteiger partial charge in [-0.1, -0.05) is 42.5 Å². The number of hydrogen-bond acceptors (Lipinski definition) is 3. The maximum Gasteiger partial charge on any atom is 0.147 e. The fourth-order valence-corrected chi connectivity index (χ4v) is 2.08. The normalized spacial score (nSPS) is 11.3. The van der Waals surface area contributed by atoms with Gasteiger partial charge in [-0.05, 0) is 22.9 Å². The monoisotopic (exact) mass is 236 g/mol. The quantitative estimate of drug-likeness (QED) is 0.421. The van der Waals surface area contributed by atoms with Gasteiger partial charge in [0.25, 0.3) is 0 Å². The Balaban J connectivity index is 2.18. The predicted octanol–water partition coefficient (Wildman–Crippen LogP) is 3.39. The van der Waals surface area contributed by atoms with Gasteiger partial charge in [0, 0.05) is 5.56 Å². The van der Waals surface area contributed by atoms with E-state index in [1.807, 2.05) is 36.4 Å². The topological polar surface area (TPSA) is 51.5 Å². The van der Waals surface area contributed by atoms with Crippen LogP contribution in [0, 0.1) is 0 Å². The molecule has 0 fully saturated rings.